The molecule has 0 unspecified atom stereocenters. The quantitative estimate of drug-likeness (QED) is 0.752. The summed E-state index contributed by atoms with van der Waals surface area (Å²) in [6.45, 7) is 6.45. The molecule has 148 valence electrons. The molecule has 0 aromatic carbocycles. The van der Waals surface area contributed by atoms with E-state index in [2.05, 4.69) is 13.8 Å². The molecule has 0 aliphatic heterocycles. The molecule has 4 nitrogen and oxygen atoms in total. The minimum Gasteiger partial charge on any atom is -0.393 e. The number of fused-ring (bicyclic) bond motifs is 5. The van der Waals surface area contributed by atoms with Gasteiger partial charge in [-0.2, -0.15) is 0 Å². The highest BCUT2D eigenvalue weighted by atomic mass is 16.3. The summed E-state index contributed by atoms with van der Waals surface area (Å²) in [6.07, 6.45) is 8.25. The first-order valence-corrected chi connectivity index (χ1v) is 10.8. The molecule has 0 aromatic heterocycles. The van der Waals surface area contributed by atoms with Crippen LogP contribution in [-0.2, 0) is 4.79 Å². The first-order chi connectivity index (χ1) is 12.2. The van der Waals surface area contributed by atoms with Crippen LogP contribution in [0.15, 0.2) is 0 Å². The van der Waals surface area contributed by atoms with Crippen LogP contribution >= 0.6 is 0 Å². The molecular weight excluding hydrogens is 326 g/mol. The van der Waals surface area contributed by atoms with E-state index < -0.39 is 6.10 Å². The molecule has 0 radical (unpaired) electrons. The minimum absolute atomic E-state index is 0.0374. The molecule has 0 saturated heterocycles. The molecule has 26 heavy (non-hydrogen) atoms. The largest absolute Gasteiger partial charge is 0.393 e. The standard InChI is InChI=1S/C22H37NO3/c1-13(24)23(4)20-19(26)12-18-16-6-5-14-11-15(25)7-9-21(14,2)17(16)8-10-22(18,20)3/h14-20,25-26H,5-12H2,1-4H3/t14-,15-,16+,17-,18-,19+,20-,21-,22-/m0/s1. The first-order valence-electron chi connectivity index (χ1n) is 10.8. The number of nitrogens with zero attached hydrogens (tertiary/aromatic N) is 1. The lowest BCUT2D eigenvalue weighted by atomic mass is 9.45. The van der Waals surface area contributed by atoms with Gasteiger partial charge in [-0.25, -0.2) is 0 Å². The van der Waals surface area contributed by atoms with Crippen molar-refractivity contribution in [2.24, 2.45) is 34.5 Å². The van der Waals surface area contributed by atoms with Crippen LogP contribution in [0.3, 0.4) is 0 Å². The average molecular weight is 364 g/mol. The monoisotopic (exact) mass is 363 g/mol. The Hall–Kier alpha value is -0.610. The van der Waals surface area contributed by atoms with Gasteiger partial charge in [0.1, 0.15) is 0 Å². The lowest BCUT2D eigenvalue weighted by molar-refractivity contribution is -0.143. The molecular formula is C22H37NO3. The van der Waals surface area contributed by atoms with Crippen LogP contribution in [-0.4, -0.2) is 46.3 Å². The third-order valence-corrected chi connectivity index (χ3v) is 9.53. The van der Waals surface area contributed by atoms with Crippen LogP contribution < -0.4 is 0 Å². The Bertz CT molecular complexity index is 580. The Balaban J connectivity index is 1.62. The zero-order valence-electron chi connectivity index (χ0n) is 16.9. The van der Waals surface area contributed by atoms with Gasteiger partial charge in [-0.3, -0.25) is 4.79 Å². The highest BCUT2D eigenvalue weighted by Gasteiger charge is 2.63. The summed E-state index contributed by atoms with van der Waals surface area (Å²) in [4.78, 5) is 13.9. The van der Waals surface area contributed by atoms with Gasteiger partial charge in [-0.15, -0.1) is 0 Å². The van der Waals surface area contributed by atoms with E-state index in [9.17, 15) is 15.0 Å². The predicted octanol–water partition coefficient (Wildman–Crippen LogP) is 3.21. The van der Waals surface area contributed by atoms with Crippen molar-refractivity contribution >= 4 is 5.91 Å². The number of hydrogen-bond donors (Lipinski definition) is 2. The summed E-state index contributed by atoms with van der Waals surface area (Å²) in [5, 5.41) is 21.1. The van der Waals surface area contributed by atoms with Gasteiger partial charge in [0.05, 0.1) is 18.2 Å². The number of carbonyl (C=O) groups excluding carboxylic acids is 1. The fourth-order valence-corrected chi connectivity index (χ4v) is 8.12. The summed E-state index contributed by atoms with van der Waals surface area (Å²) in [7, 11) is 1.87. The van der Waals surface area contributed by atoms with Crippen molar-refractivity contribution in [3.63, 3.8) is 0 Å². The molecule has 2 N–H and O–H groups in total. The van der Waals surface area contributed by atoms with E-state index in [-0.39, 0.29) is 23.5 Å². The van der Waals surface area contributed by atoms with Crippen LogP contribution in [0.5, 0.6) is 0 Å². The Morgan fingerprint density at radius 2 is 1.65 bits per heavy atom. The van der Waals surface area contributed by atoms with E-state index in [1.165, 1.54) is 19.3 Å². The Kier molecular flexibility index (Phi) is 4.47. The third kappa shape index (κ3) is 2.51. The predicted molar refractivity (Wildman–Crippen MR) is 101 cm³/mol. The average Bonchev–Trinajstić information content (AvgIpc) is 2.85. The molecule has 4 heteroatoms. The Morgan fingerprint density at radius 1 is 0.962 bits per heavy atom. The second kappa shape index (κ2) is 6.20. The van der Waals surface area contributed by atoms with Crippen molar-refractivity contribution in [2.75, 3.05) is 7.05 Å². The maximum Gasteiger partial charge on any atom is 0.219 e. The number of amides is 1. The second-order valence-corrected chi connectivity index (χ2v) is 10.5. The van der Waals surface area contributed by atoms with Crippen LogP contribution in [0.4, 0.5) is 0 Å². The van der Waals surface area contributed by atoms with Gasteiger partial charge in [0.2, 0.25) is 5.91 Å². The van der Waals surface area contributed by atoms with Crippen molar-refractivity contribution in [1.82, 2.24) is 4.90 Å². The lowest BCUT2D eigenvalue weighted by Crippen LogP contribution is -2.57. The molecule has 4 saturated carbocycles. The summed E-state index contributed by atoms with van der Waals surface area (Å²) in [5.74, 6) is 2.65. The van der Waals surface area contributed by atoms with E-state index in [1.807, 2.05) is 11.9 Å². The molecule has 4 aliphatic carbocycles. The zero-order chi connectivity index (χ0) is 18.9. The van der Waals surface area contributed by atoms with Crippen LogP contribution in [0.1, 0.15) is 72.1 Å². The van der Waals surface area contributed by atoms with Crippen LogP contribution in [0, 0.1) is 34.5 Å². The summed E-state index contributed by atoms with van der Waals surface area (Å²) in [6, 6.07) is -0.0374. The van der Waals surface area contributed by atoms with E-state index in [0.717, 1.165) is 38.0 Å². The number of carbonyl (C=O) groups is 1. The topological polar surface area (TPSA) is 60.8 Å². The summed E-state index contributed by atoms with van der Waals surface area (Å²) >= 11 is 0. The van der Waals surface area contributed by atoms with Gasteiger partial charge < -0.3 is 15.1 Å². The molecule has 4 fully saturated rings. The molecule has 4 aliphatic rings. The normalized spacial score (nSPS) is 53.4. The maximum absolute atomic E-state index is 12.0. The van der Waals surface area contributed by atoms with Gasteiger partial charge in [0, 0.05) is 14.0 Å². The van der Waals surface area contributed by atoms with Gasteiger partial charge in [0.15, 0.2) is 0 Å². The van der Waals surface area contributed by atoms with Crippen molar-refractivity contribution in [3.05, 3.63) is 0 Å². The van der Waals surface area contributed by atoms with Gasteiger partial charge in [-0.1, -0.05) is 13.8 Å². The Labute approximate surface area is 158 Å². The number of hydrogen-bond acceptors (Lipinski definition) is 3. The summed E-state index contributed by atoms with van der Waals surface area (Å²) < 4.78 is 0. The summed E-state index contributed by atoms with van der Waals surface area (Å²) in [5.41, 5.74) is 0.400. The van der Waals surface area contributed by atoms with E-state index in [4.69, 9.17) is 0 Å². The third-order valence-electron chi connectivity index (χ3n) is 9.53. The molecule has 0 aromatic rings. The number of rotatable bonds is 1. The van der Waals surface area contributed by atoms with Crippen LogP contribution in [0.25, 0.3) is 0 Å². The number of aliphatic hydroxyl groups is 2. The second-order valence-electron chi connectivity index (χ2n) is 10.5. The van der Waals surface area contributed by atoms with Crippen LogP contribution in [0.2, 0.25) is 0 Å². The van der Waals surface area contributed by atoms with E-state index >= 15 is 0 Å². The number of likely N-dealkylation sites (N-methyl/N-ethyl adjacent to an activating group) is 1. The SMILES string of the molecule is CC(=O)N(C)[C@H]1[C@H](O)C[C@H]2[C@@H]3CC[C@H]4C[C@@H](O)CC[C@]4(C)[C@H]3CC[C@]12C. The maximum atomic E-state index is 12.0. The highest BCUT2D eigenvalue weighted by Crippen LogP contribution is 2.66. The smallest absolute Gasteiger partial charge is 0.219 e. The van der Waals surface area contributed by atoms with Gasteiger partial charge in [0.25, 0.3) is 0 Å². The van der Waals surface area contributed by atoms with Crippen molar-refractivity contribution in [1.29, 1.82) is 0 Å². The number of aliphatic hydroxyl groups excluding tert-OH is 2. The van der Waals surface area contributed by atoms with Crippen molar-refractivity contribution in [2.45, 2.75) is 90.4 Å². The molecule has 0 bridgehead atoms. The first kappa shape index (κ1) is 18.7. The zero-order valence-corrected chi connectivity index (χ0v) is 16.9. The minimum atomic E-state index is -0.392. The van der Waals surface area contributed by atoms with Crippen molar-refractivity contribution < 1.29 is 15.0 Å². The van der Waals surface area contributed by atoms with Gasteiger partial charge >= 0.3 is 0 Å². The van der Waals surface area contributed by atoms with E-state index in [0.29, 0.717) is 23.2 Å². The molecule has 4 rings (SSSR count). The lowest BCUT2D eigenvalue weighted by Gasteiger charge is -2.61. The van der Waals surface area contributed by atoms with E-state index in [1.54, 1.807) is 6.92 Å². The Morgan fingerprint density at radius 3 is 2.35 bits per heavy atom. The highest BCUT2D eigenvalue weighted by molar-refractivity contribution is 5.73. The molecule has 0 spiro atoms. The fraction of sp³-hybridized carbons (Fsp3) is 0.955. The molecule has 9 atom stereocenters. The van der Waals surface area contributed by atoms with Crippen molar-refractivity contribution in [3.8, 4) is 0 Å². The fourth-order valence-electron chi connectivity index (χ4n) is 8.12. The molecule has 0 heterocycles. The molecule has 1 amide bonds. The van der Waals surface area contributed by atoms with Gasteiger partial charge in [-0.05, 0) is 85.9 Å².